The summed E-state index contributed by atoms with van der Waals surface area (Å²) in [5.41, 5.74) is 8.62. The van der Waals surface area contributed by atoms with Crippen LogP contribution in [0.25, 0.3) is 0 Å². The smallest absolute Gasteiger partial charge is 0.335 e. The van der Waals surface area contributed by atoms with Crippen LogP contribution in [0.4, 0.5) is 5.69 Å². The van der Waals surface area contributed by atoms with Crippen LogP contribution >= 0.6 is 0 Å². The van der Waals surface area contributed by atoms with Gasteiger partial charge in [-0.3, -0.25) is 4.79 Å². The van der Waals surface area contributed by atoms with E-state index in [0.29, 0.717) is 17.8 Å². The highest BCUT2D eigenvalue weighted by atomic mass is 16.4. The Bertz CT molecular complexity index is 678. The van der Waals surface area contributed by atoms with Crippen LogP contribution in [-0.2, 0) is 6.54 Å². The van der Waals surface area contributed by atoms with E-state index in [1.54, 1.807) is 30.3 Å². The Kier molecular flexibility index (Phi) is 4.23. The molecule has 0 heterocycles. The molecule has 2 aromatic rings. The van der Waals surface area contributed by atoms with Crippen molar-refractivity contribution in [3.63, 3.8) is 0 Å². The van der Waals surface area contributed by atoms with Crippen molar-refractivity contribution >= 4 is 17.6 Å². The number of rotatable bonds is 5. The first-order chi connectivity index (χ1) is 9.97. The maximum Gasteiger partial charge on any atom is 0.335 e. The van der Waals surface area contributed by atoms with Crippen LogP contribution in [0.5, 0.6) is 0 Å². The molecule has 0 aromatic heterocycles. The van der Waals surface area contributed by atoms with E-state index in [2.05, 4.69) is 5.32 Å². The molecule has 2 aromatic carbocycles. The van der Waals surface area contributed by atoms with E-state index in [-0.39, 0.29) is 5.56 Å². The fourth-order valence-corrected chi connectivity index (χ4v) is 1.98. The molecule has 0 saturated heterocycles. The van der Waals surface area contributed by atoms with E-state index in [1.165, 1.54) is 0 Å². The van der Waals surface area contributed by atoms with E-state index in [4.69, 9.17) is 10.8 Å². The lowest BCUT2D eigenvalue weighted by Crippen LogP contribution is -2.14. The summed E-state index contributed by atoms with van der Waals surface area (Å²) < 4.78 is 0. The van der Waals surface area contributed by atoms with Crippen molar-refractivity contribution in [1.29, 1.82) is 0 Å². The molecule has 2 rings (SSSR count). The number of nitrogens with one attached hydrogen (secondary N) is 1. The molecule has 5 nitrogen and oxygen atoms in total. The van der Waals surface area contributed by atoms with E-state index >= 15 is 0 Å². The van der Waals surface area contributed by atoms with E-state index in [1.807, 2.05) is 19.1 Å². The van der Waals surface area contributed by atoms with Gasteiger partial charge in [-0.05, 0) is 42.3 Å². The van der Waals surface area contributed by atoms with Gasteiger partial charge in [-0.25, -0.2) is 4.79 Å². The number of carboxylic acid groups (broad SMARTS) is 1. The summed E-state index contributed by atoms with van der Waals surface area (Å²) in [5.74, 6) is -1.44. The zero-order chi connectivity index (χ0) is 15.4. The van der Waals surface area contributed by atoms with Crippen molar-refractivity contribution in [2.45, 2.75) is 13.5 Å². The topological polar surface area (TPSA) is 92.4 Å². The average molecular weight is 284 g/mol. The van der Waals surface area contributed by atoms with Crippen LogP contribution in [0.1, 0.15) is 31.8 Å². The molecule has 0 fully saturated rings. The number of carbonyl (C=O) groups is 2. The lowest BCUT2D eigenvalue weighted by molar-refractivity contribution is 0.0696. The molecule has 21 heavy (non-hydrogen) atoms. The maximum atomic E-state index is 11.4. The molecule has 4 N–H and O–H groups in total. The van der Waals surface area contributed by atoms with Gasteiger partial charge < -0.3 is 16.2 Å². The summed E-state index contributed by atoms with van der Waals surface area (Å²) >= 11 is 0. The first kappa shape index (κ1) is 14.6. The Morgan fingerprint density at radius 3 is 2.38 bits per heavy atom. The second-order valence-electron chi connectivity index (χ2n) is 4.77. The number of primary amides is 1. The first-order valence-electron chi connectivity index (χ1n) is 6.44. The monoisotopic (exact) mass is 284 g/mol. The van der Waals surface area contributed by atoms with E-state index in [0.717, 1.165) is 11.1 Å². The Balaban J connectivity index is 2.14. The normalized spacial score (nSPS) is 10.1. The van der Waals surface area contributed by atoms with Gasteiger partial charge in [-0.2, -0.15) is 0 Å². The molecule has 0 aliphatic rings. The molecule has 0 bridgehead atoms. The van der Waals surface area contributed by atoms with Crippen LogP contribution in [0.2, 0.25) is 0 Å². The standard InChI is InChI=1S/C16H16N2O3/c1-10-2-7-13(15(17)19)14(8-10)18-9-11-3-5-12(6-4-11)16(20)21/h2-8,18H,9H2,1H3,(H2,17,19)(H,20,21). The Morgan fingerprint density at radius 2 is 1.81 bits per heavy atom. The summed E-state index contributed by atoms with van der Waals surface area (Å²) in [6, 6.07) is 11.9. The highest BCUT2D eigenvalue weighted by Crippen LogP contribution is 2.18. The Hall–Kier alpha value is -2.82. The molecule has 0 unspecified atom stereocenters. The van der Waals surface area contributed by atoms with Gasteiger partial charge in [0.25, 0.3) is 5.91 Å². The summed E-state index contributed by atoms with van der Waals surface area (Å²) in [5, 5.41) is 12.0. The summed E-state index contributed by atoms with van der Waals surface area (Å²) in [6.07, 6.45) is 0. The van der Waals surface area contributed by atoms with Gasteiger partial charge in [-0.15, -0.1) is 0 Å². The first-order valence-corrected chi connectivity index (χ1v) is 6.44. The molecule has 5 heteroatoms. The van der Waals surface area contributed by atoms with Gasteiger partial charge >= 0.3 is 5.97 Å². The van der Waals surface area contributed by atoms with E-state index in [9.17, 15) is 9.59 Å². The molecule has 0 aliphatic carbocycles. The molecule has 1 amide bonds. The number of benzene rings is 2. The van der Waals surface area contributed by atoms with Gasteiger partial charge in [-0.1, -0.05) is 18.2 Å². The largest absolute Gasteiger partial charge is 0.478 e. The Morgan fingerprint density at radius 1 is 1.14 bits per heavy atom. The minimum absolute atomic E-state index is 0.243. The molecule has 0 atom stereocenters. The number of hydrogen-bond acceptors (Lipinski definition) is 3. The number of carboxylic acids is 1. The highest BCUT2D eigenvalue weighted by Gasteiger charge is 2.08. The SMILES string of the molecule is Cc1ccc(C(N)=O)c(NCc2ccc(C(=O)O)cc2)c1. The molecule has 0 saturated carbocycles. The zero-order valence-corrected chi connectivity index (χ0v) is 11.6. The summed E-state index contributed by atoms with van der Waals surface area (Å²) in [4.78, 5) is 22.2. The van der Waals surface area contributed by atoms with Crippen LogP contribution in [0.15, 0.2) is 42.5 Å². The van der Waals surface area contributed by atoms with Crippen molar-refractivity contribution in [3.8, 4) is 0 Å². The molecule has 0 aliphatic heterocycles. The molecular weight excluding hydrogens is 268 g/mol. The third-order valence-corrected chi connectivity index (χ3v) is 3.12. The van der Waals surface area contributed by atoms with Crippen molar-refractivity contribution in [3.05, 3.63) is 64.7 Å². The predicted molar refractivity (Wildman–Crippen MR) is 80.4 cm³/mol. The zero-order valence-electron chi connectivity index (χ0n) is 11.6. The van der Waals surface area contributed by atoms with E-state index < -0.39 is 11.9 Å². The lowest BCUT2D eigenvalue weighted by atomic mass is 10.1. The quantitative estimate of drug-likeness (QED) is 0.786. The average Bonchev–Trinajstić information content (AvgIpc) is 2.45. The Labute approximate surface area is 122 Å². The van der Waals surface area contributed by atoms with Gasteiger partial charge in [0.05, 0.1) is 11.1 Å². The lowest BCUT2D eigenvalue weighted by Gasteiger charge is -2.11. The number of amides is 1. The van der Waals surface area contributed by atoms with Crippen LogP contribution in [0.3, 0.4) is 0 Å². The van der Waals surface area contributed by atoms with Crippen molar-refractivity contribution in [2.75, 3.05) is 5.32 Å². The minimum Gasteiger partial charge on any atom is -0.478 e. The second-order valence-corrected chi connectivity index (χ2v) is 4.77. The third kappa shape index (κ3) is 3.60. The van der Waals surface area contributed by atoms with Gasteiger partial charge in [0.15, 0.2) is 0 Å². The highest BCUT2D eigenvalue weighted by molar-refractivity contribution is 5.98. The van der Waals surface area contributed by atoms with Gasteiger partial charge in [0, 0.05) is 12.2 Å². The summed E-state index contributed by atoms with van der Waals surface area (Å²) in [6.45, 7) is 2.40. The van der Waals surface area contributed by atoms with Crippen LogP contribution in [-0.4, -0.2) is 17.0 Å². The van der Waals surface area contributed by atoms with Crippen molar-refractivity contribution < 1.29 is 14.7 Å². The number of anilines is 1. The van der Waals surface area contributed by atoms with Crippen molar-refractivity contribution in [2.24, 2.45) is 5.73 Å². The molecule has 0 radical (unpaired) electrons. The van der Waals surface area contributed by atoms with Crippen molar-refractivity contribution in [1.82, 2.24) is 0 Å². The molecular formula is C16H16N2O3. The summed E-state index contributed by atoms with van der Waals surface area (Å²) in [7, 11) is 0. The third-order valence-electron chi connectivity index (χ3n) is 3.12. The molecule has 108 valence electrons. The number of aryl methyl sites for hydroxylation is 1. The van der Waals surface area contributed by atoms with Crippen LogP contribution in [0, 0.1) is 6.92 Å². The minimum atomic E-state index is -0.954. The number of nitrogens with two attached hydrogens (primary N) is 1. The number of hydrogen-bond donors (Lipinski definition) is 3. The number of carbonyl (C=O) groups excluding carboxylic acids is 1. The van der Waals surface area contributed by atoms with Gasteiger partial charge in [0.1, 0.15) is 0 Å². The number of aromatic carboxylic acids is 1. The second kappa shape index (κ2) is 6.09. The molecule has 0 spiro atoms. The van der Waals surface area contributed by atoms with Gasteiger partial charge in [0.2, 0.25) is 0 Å². The maximum absolute atomic E-state index is 11.4. The van der Waals surface area contributed by atoms with Crippen LogP contribution < -0.4 is 11.1 Å². The fourth-order valence-electron chi connectivity index (χ4n) is 1.98. The predicted octanol–water partition coefficient (Wildman–Crippen LogP) is 2.40. The fraction of sp³-hybridized carbons (Fsp3) is 0.125.